The van der Waals surface area contributed by atoms with Gasteiger partial charge in [0.2, 0.25) is 0 Å². The van der Waals surface area contributed by atoms with Gasteiger partial charge >= 0.3 is 0 Å². The summed E-state index contributed by atoms with van der Waals surface area (Å²) < 4.78 is 6.05. The van der Waals surface area contributed by atoms with Crippen LogP contribution in [0.1, 0.15) is 48.0 Å². The van der Waals surface area contributed by atoms with Crippen LogP contribution in [0.4, 0.5) is 0 Å². The van der Waals surface area contributed by atoms with Crippen molar-refractivity contribution in [1.82, 2.24) is 4.90 Å². The fourth-order valence-electron chi connectivity index (χ4n) is 2.55. The van der Waals surface area contributed by atoms with E-state index in [2.05, 4.69) is 46.4 Å². The van der Waals surface area contributed by atoms with Crippen molar-refractivity contribution in [3.8, 4) is 0 Å². The Morgan fingerprint density at radius 3 is 1.94 bits per heavy atom. The summed E-state index contributed by atoms with van der Waals surface area (Å²) in [5.74, 6) is 0. The summed E-state index contributed by atoms with van der Waals surface area (Å²) in [5, 5.41) is 0. The first-order valence-corrected chi connectivity index (χ1v) is 6.21. The number of ether oxygens (including phenoxy) is 1. The highest BCUT2D eigenvalue weighted by molar-refractivity contribution is 4.89. The van der Waals surface area contributed by atoms with E-state index in [9.17, 15) is 0 Å². The summed E-state index contributed by atoms with van der Waals surface area (Å²) >= 11 is 0. The Hall–Kier alpha value is -0.120. The molecule has 2 N–H and O–H groups in total. The predicted molar refractivity (Wildman–Crippen MR) is 68.6 cm³/mol. The molecule has 0 bridgehead atoms. The van der Waals surface area contributed by atoms with E-state index in [0.717, 1.165) is 26.1 Å². The number of morpholine rings is 1. The van der Waals surface area contributed by atoms with Crippen LogP contribution in [-0.2, 0) is 4.74 Å². The van der Waals surface area contributed by atoms with Crippen molar-refractivity contribution in [2.24, 2.45) is 5.73 Å². The number of hydrogen-bond donors (Lipinski definition) is 1. The average Bonchev–Trinajstić information content (AvgIpc) is 1.93. The van der Waals surface area contributed by atoms with E-state index < -0.39 is 0 Å². The van der Waals surface area contributed by atoms with Crippen molar-refractivity contribution in [1.29, 1.82) is 0 Å². The van der Waals surface area contributed by atoms with Crippen LogP contribution in [0.3, 0.4) is 0 Å². The van der Waals surface area contributed by atoms with Gasteiger partial charge < -0.3 is 10.5 Å². The Balaban J connectivity index is 2.55. The van der Waals surface area contributed by atoms with Crippen LogP contribution in [-0.4, -0.2) is 41.3 Å². The van der Waals surface area contributed by atoms with Gasteiger partial charge in [0.25, 0.3) is 0 Å². The lowest BCUT2D eigenvalue weighted by Gasteiger charge is -2.47. The fraction of sp³-hybridized carbons (Fsp3) is 1.00. The maximum Gasteiger partial charge on any atom is 0.0760 e. The predicted octanol–water partition coefficient (Wildman–Crippen LogP) is 2.00. The van der Waals surface area contributed by atoms with Gasteiger partial charge in [0.05, 0.1) is 11.2 Å². The van der Waals surface area contributed by atoms with Crippen LogP contribution in [0.5, 0.6) is 0 Å². The molecule has 1 aliphatic rings. The molecule has 0 radical (unpaired) electrons. The molecule has 1 fully saturated rings. The fourth-order valence-corrected chi connectivity index (χ4v) is 2.55. The third-order valence-corrected chi connectivity index (χ3v) is 2.83. The van der Waals surface area contributed by atoms with Gasteiger partial charge in [-0.2, -0.15) is 0 Å². The van der Waals surface area contributed by atoms with Crippen molar-refractivity contribution in [2.45, 2.75) is 64.7 Å². The highest BCUT2D eigenvalue weighted by Crippen LogP contribution is 2.28. The van der Waals surface area contributed by atoms with Crippen LogP contribution in [0.15, 0.2) is 0 Å². The second-order valence-electron chi connectivity index (χ2n) is 7.07. The van der Waals surface area contributed by atoms with E-state index in [0.29, 0.717) is 0 Å². The molecular weight excluding hydrogens is 200 g/mol. The molecule has 0 spiro atoms. The van der Waals surface area contributed by atoms with Crippen molar-refractivity contribution < 1.29 is 4.74 Å². The molecule has 0 aromatic heterocycles. The zero-order chi connectivity index (χ0) is 12.6. The second kappa shape index (κ2) is 4.28. The zero-order valence-electron chi connectivity index (χ0n) is 11.8. The number of rotatable bonds is 3. The van der Waals surface area contributed by atoms with Gasteiger partial charge in [0.1, 0.15) is 0 Å². The molecule has 0 amide bonds. The van der Waals surface area contributed by atoms with E-state index >= 15 is 0 Å². The highest BCUT2D eigenvalue weighted by Gasteiger charge is 2.37. The summed E-state index contributed by atoms with van der Waals surface area (Å²) in [6, 6.07) is 0. The van der Waals surface area contributed by atoms with E-state index in [-0.39, 0.29) is 16.7 Å². The molecule has 3 nitrogen and oxygen atoms in total. The van der Waals surface area contributed by atoms with Crippen LogP contribution < -0.4 is 5.73 Å². The van der Waals surface area contributed by atoms with Crippen molar-refractivity contribution in [3.05, 3.63) is 0 Å². The smallest absolute Gasteiger partial charge is 0.0760 e. The summed E-state index contributed by atoms with van der Waals surface area (Å²) in [5.41, 5.74) is 5.84. The molecule has 0 unspecified atom stereocenters. The molecule has 96 valence electrons. The Morgan fingerprint density at radius 1 is 1.12 bits per heavy atom. The maximum absolute atomic E-state index is 6.05. The zero-order valence-corrected chi connectivity index (χ0v) is 11.8. The third-order valence-electron chi connectivity index (χ3n) is 2.83. The first-order valence-electron chi connectivity index (χ1n) is 6.21. The first kappa shape index (κ1) is 13.9. The lowest BCUT2D eigenvalue weighted by atomic mass is 9.96. The minimum Gasteiger partial charge on any atom is -0.367 e. The second-order valence-corrected chi connectivity index (χ2v) is 7.07. The Labute approximate surface area is 100 Å². The van der Waals surface area contributed by atoms with Gasteiger partial charge in [-0.05, 0) is 48.0 Å². The minimum absolute atomic E-state index is 0.0551. The summed E-state index contributed by atoms with van der Waals surface area (Å²) in [4.78, 5) is 2.47. The van der Waals surface area contributed by atoms with Crippen LogP contribution in [0.25, 0.3) is 0 Å². The van der Waals surface area contributed by atoms with Crippen LogP contribution >= 0.6 is 0 Å². The molecular formula is C13H28N2O. The van der Waals surface area contributed by atoms with E-state index in [4.69, 9.17) is 10.5 Å². The number of nitrogens with zero attached hydrogens (tertiary/aromatic N) is 1. The summed E-state index contributed by atoms with van der Waals surface area (Å²) in [6.07, 6.45) is 1.03. The Bertz CT molecular complexity index is 225. The third kappa shape index (κ3) is 4.81. The van der Waals surface area contributed by atoms with Crippen molar-refractivity contribution in [2.75, 3.05) is 19.6 Å². The molecule has 1 rings (SSSR count). The standard InChI is InChI=1S/C13H28N2O/c1-11(2,14)7-8-15-9-12(3,4)16-13(5,6)10-15/h7-10,14H2,1-6H3. The van der Waals surface area contributed by atoms with Gasteiger partial charge in [-0.1, -0.05) is 0 Å². The molecule has 16 heavy (non-hydrogen) atoms. The van der Waals surface area contributed by atoms with Gasteiger partial charge in [-0.15, -0.1) is 0 Å². The molecule has 0 aromatic carbocycles. The van der Waals surface area contributed by atoms with Gasteiger partial charge in [-0.3, -0.25) is 4.90 Å². The van der Waals surface area contributed by atoms with E-state index in [1.54, 1.807) is 0 Å². The normalized spacial score (nSPS) is 25.7. The van der Waals surface area contributed by atoms with Crippen molar-refractivity contribution in [3.63, 3.8) is 0 Å². The molecule has 3 heteroatoms. The molecule has 0 aliphatic carbocycles. The quantitative estimate of drug-likeness (QED) is 0.803. The first-order chi connectivity index (χ1) is 6.99. The Kier molecular flexibility index (Phi) is 3.73. The van der Waals surface area contributed by atoms with Gasteiger partial charge in [0, 0.05) is 25.2 Å². The monoisotopic (exact) mass is 228 g/mol. The van der Waals surface area contributed by atoms with E-state index in [1.165, 1.54) is 0 Å². The van der Waals surface area contributed by atoms with Crippen molar-refractivity contribution >= 4 is 0 Å². The Morgan fingerprint density at radius 2 is 1.56 bits per heavy atom. The van der Waals surface area contributed by atoms with E-state index in [1.807, 2.05) is 0 Å². The highest BCUT2D eigenvalue weighted by atomic mass is 16.5. The lowest BCUT2D eigenvalue weighted by molar-refractivity contribution is -0.180. The summed E-state index contributed by atoms with van der Waals surface area (Å²) in [7, 11) is 0. The number of nitrogens with two attached hydrogens (primary N) is 1. The van der Waals surface area contributed by atoms with Gasteiger partial charge in [0.15, 0.2) is 0 Å². The maximum atomic E-state index is 6.05. The molecule has 1 aliphatic heterocycles. The largest absolute Gasteiger partial charge is 0.367 e. The molecule has 0 saturated carbocycles. The topological polar surface area (TPSA) is 38.5 Å². The molecule has 0 atom stereocenters. The van der Waals surface area contributed by atoms with Crippen LogP contribution in [0.2, 0.25) is 0 Å². The summed E-state index contributed by atoms with van der Waals surface area (Å²) in [6.45, 7) is 15.9. The molecule has 1 heterocycles. The van der Waals surface area contributed by atoms with Gasteiger partial charge in [-0.25, -0.2) is 0 Å². The molecule has 0 aromatic rings. The average molecular weight is 228 g/mol. The SMILES string of the molecule is CC(C)(N)CCN1CC(C)(C)OC(C)(C)C1. The van der Waals surface area contributed by atoms with Crippen LogP contribution in [0, 0.1) is 0 Å². The molecule has 1 saturated heterocycles. The lowest BCUT2D eigenvalue weighted by Crippen LogP contribution is -2.57. The number of hydrogen-bond acceptors (Lipinski definition) is 3. The minimum atomic E-state index is -0.0768.